The third-order valence-corrected chi connectivity index (χ3v) is 4.63. The smallest absolute Gasteiger partial charge is 0.0991 e. The number of hydrogen-bond donors (Lipinski definition) is 1. The largest absolute Gasteiger partial charge is 0.311 e. The van der Waals surface area contributed by atoms with Gasteiger partial charge in [-0.05, 0) is 53.2 Å². The molecule has 0 saturated carbocycles. The molecule has 2 aromatic rings. The molecule has 22 heavy (non-hydrogen) atoms. The summed E-state index contributed by atoms with van der Waals surface area (Å²) in [6, 6.07) is 12.6. The Morgan fingerprint density at radius 2 is 1.91 bits per heavy atom. The predicted molar refractivity (Wildman–Crippen MR) is 92.8 cm³/mol. The molecule has 0 aliphatic heterocycles. The molecule has 0 fully saturated rings. The molecule has 4 heteroatoms. The van der Waals surface area contributed by atoms with Crippen LogP contribution in [0.3, 0.4) is 0 Å². The molecule has 1 aromatic carbocycles. The Morgan fingerprint density at radius 1 is 1.18 bits per heavy atom. The maximum Gasteiger partial charge on any atom is 0.0991 e. The van der Waals surface area contributed by atoms with Crippen LogP contribution in [0.4, 0.5) is 0 Å². The molecule has 1 N–H and O–H groups in total. The number of rotatable bonds is 8. The fraction of sp³-hybridized carbons (Fsp3) is 0.389. The van der Waals surface area contributed by atoms with Gasteiger partial charge in [0.15, 0.2) is 0 Å². The number of nitrogens with one attached hydrogen (secondary N) is 1. The first-order chi connectivity index (χ1) is 10.8. The lowest BCUT2D eigenvalue weighted by atomic mass is 10.1. The summed E-state index contributed by atoms with van der Waals surface area (Å²) in [5.74, 6) is 0. The van der Waals surface area contributed by atoms with Gasteiger partial charge in [0.25, 0.3) is 0 Å². The standard InChI is InChI=1S/C18H23N3S/c1-3-21(4-2)18(17-9-10-22-14-17)13-20-12-16-7-5-15(11-19)6-8-16/h5-10,14,18,20H,3-4,12-13H2,1-2H3. The molecular weight excluding hydrogens is 290 g/mol. The number of likely N-dealkylation sites (N-methyl/N-ethyl adjacent to an activating group) is 1. The quantitative estimate of drug-likeness (QED) is 0.806. The van der Waals surface area contributed by atoms with Crippen molar-refractivity contribution in [3.63, 3.8) is 0 Å². The first kappa shape index (κ1) is 16.7. The van der Waals surface area contributed by atoms with Crippen molar-refractivity contribution in [2.45, 2.75) is 26.4 Å². The van der Waals surface area contributed by atoms with Crippen LogP contribution < -0.4 is 5.32 Å². The van der Waals surface area contributed by atoms with Gasteiger partial charge in [-0.1, -0.05) is 26.0 Å². The van der Waals surface area contributed by atoms with Crippen LogP contribution in [0.5, 0.6) is 0 Å². The van der Waals surface area contributed by atoms with E-state index in [0.29, 0.717) is 11.6 Å². The Balaban J connectivity index is 1.95. The highest BCUT2D eigenvalue weighted by Gasteiger charge is 2.17. The van der Waals surface area contributed by atoms with Gasteiger partial charge in [-0.25, -0.2) is 0 Å². The Kier molecular flexibility index (Phi) is 6.60. The predicted octanol–water partition coefficient (Wildman–Crippen LogP) is 3.79. The van der Waals surface area contributed by atoms with E-state index in [-0.39, 0.29) is 0 Å². The maximum atomic E-state index is 8.83. The highest BCUT2D eigenvalue weighted by Crippen LogP contribution is 2.22. The minimum absolute atomic E-state index is 0.416. The Morgan fingerprint density at radius 3 is 2.45 bits per heavy atom. The molecule has 2 rings (SSSR count). The molecule has 0 aliphatic rings. The third kappa shape index (κ3) is 4.41. The third-order valence-electron chi connectivity index (χ3n) is 3.93. The molecular formula is C18H23N3S. The van der Waals surface area contributed by atoms with Crippen molar-refractivity contribution in [2.75, 3.05) is 19.6 Å². The van der Waals surface area contributed by atoms with E-state index < -0.39 is 0 Å². The van der Waals surface area contributed by atoms with Gasteiger partial charge in [-0.2, -0.15) is 16.6 Å². The Labute approximate surface area is 137 Å². The van der Waals surface area contributed by atoms with E-state index in [4.69, 9.17) is 5.26 Å². The van der Waals surface area contributed by atoms with Gasteiger partial charge in [0.1, 0.15) is 0 Å². The molecule has 0 saturated heterocycles. The summed E-state index contributed by atoms with van der Waals surface area (Å²) < 4.78 is 0. The zero-order valence-electron chi connectivity index (χ0n) is 13.2. The number of nitrogens with zero attached hydrogens (tertiary/aromatic N) is 2. The summed E-state index contributed by atoms with van der Waals surface area (Å²) in [6.07, 6.45) is 0. The normalized spacial score (nSPS) is 12.3. The Hall–Kier alpha value is -1.67. The van der Waals surface area contributed by atoms with Gasteiger partial charge >= 0.3 is 0 Å². The van der Waals surface area contributed by atoms with Crippen LogP contribution in [-0.4, -0.2) is 24.5 Å². The summed E-state index contributed by atoms with van der Waals surface area (Å²) >= 11 is 1.76. The molecule has 116 valence electrons. The van der Waals surface area contributed by atoms with Crippen LogP contribution >= 0.6 is 11.3 Å². The van der Waals surface area contributed by atoms with Gasteiger partial charge in [0, 0.05) is 19.1 Å². The zero-order chi connectivity index (χ0) is 15.8. The highest BCUT2D eigenvalue weighted by molar-refractivity contribution is 7.07. The van der Waals surface area contributed by atoms with Crippen molar-refractivity contribution in [3.05, 3.63) is 57.8 Å². The molecule has 3 nitrogen and oxygen atoms in total. The molecule has 1 unspecified atom stereocenters. The lowest BCUT2D eigenvalue weighted by Crippen LogP contribution is -2.35. The van der Waals surface area contributed by atoms with Crippen molar-refractivity contribution in [1.29, 1.82) is 5.26 Å². The van der Waals surface area contributed by atoms with Crippen molar-refractivity contribution in [3.8, 4) is 6.07 Å². The average molecular weight is 313 g/mol. The van der Waals surface area contributed by atoms with E-state index in [1.165, 1.54) is 11.1 Å². The second-order valence-electron chi connectivity index (χ2n) is 5.23. The SMILES string of the molecule is CCN(CC)C(CNCc1ccc(C#N)cc1)c1ccsc1. The highest BCUT2D eigenvalue weighted by atomic mass is 32.1. The van der Waals surface area contributed by atoms with Gasteiger partial charge in [0.2, 0.25) is 0 Å². The molecule has 1 aromatic heterocycles. The van der Waals surface area contributed by atoms with Crippen LogP contribution in [0.1, 0.15) is 36.6 Å². The number of hydrogen-bond acceptors (Lipinski definition) is 4. The molecule has 1 heterocycles. The van der Waals surface area contributed by atoms with E-state index in [1.54, 1.807) is 11.3 Å². The van der Waals surface area contributed by atoms with Gasteiger partial charge in [-0.15, -0.1) is 0 Å². The first-order valence-corrected chi connectivity index (χ1v) is 8.68. The minimum atomic E-state index is 0.416. The van der Waals surface area contributed by atoms with Crippen molar-refractivity contribution >= 4 is 11.3 Å². The van der Waals surface area contributed by atoms with E-state index in [9.17, 15) is 0 Å². The van der Waals surface area contributed by atoms with E-state index in [1.807, 2.05) is 24.3 Å². The van der Waals surface area contributed by atoms with Crippen LogP contribution in [0, 0.1) is 11.3 Å². The van der Waals surface area contributed by atoms with Crippen LogP contribution in [-0.2, 0) is 6.54 Å². The summed E-state index contributed by atoms with van der Waals surface area (Å²) in [7, 11) is 0. The van der Waals surface area contributed by atoms with E-state index in [2.05, 4.69) is 47.0 Å². The summed E-state index contributed by atoms with van der Waals surface area (Å²) in [5, 5.41) is 16.8. The maximum absolute atomic E-state index is 8.83. The van der Waals surface area contributed by atoms with Crippen molar-refractivity contribution in [2.24, 2.45) is 0 Å². The molecule has 0 spiro atoms. The first-order valence-electron chi connectivity index (χ1n) is 7.74. The van der Waals surface area contributed by atoms with Crippen LogP contribution in [0.15, 0.2) is 41.1 Å². The lowest BCUT2D eigenvalue weighted by molar-refractivity contribution is 0.213. The minimum Gasteiger partial charge on any atom is -0.311 e. The summed E-state index contributed by atoms with van der Waals surface area (Å²) in [4.78, 5) is 2.48. The van der Waals surface area contributed by atoms with E-state index >= 15 is 0 Å². The Bertz CT molecular complexity index is 580. The average Bonchev–Trinajstić information content (AvgIpc) is 3.09. The topological polar surface area (TPSA) is 39.1 Å². The molecule has 0 amide bonds. The number of nitriles is 1. The van der Waals surface area contributed by atoms with Gasteiger partial charge < -0.3 is 5.32 Å². The fourth-order valence-electron chi connectivity index (χ4n) is 2.64. The zero-order valence-corrected chi connectivity index (χ0v) is 14.1. The monoisotopic (exact) mass is 313 g/mol. The molecule has 1 atom stereocenters. The summed E-state index contributed by atoms with van der Waals surface area (Å²) in [6.45, 7) is 8.28. The molecule has 0 aliphatic carbocycles. The lowest BCUT2D eigenvalue weighted by Gasteiger charge is -2.29. The fourth-order valence-corrected chi connectivity index (χ4v) is 3.34. The van der Waals surface area contributed by atoms with Crippen LogP contribution in [0.25, 0.3) is 0 Å². The van der Waals surface area contributed by atoms with E-state index in [0.717, 1.165) is 26.2 Å². The van der Waals surface area contributed by atoms with Crippen molar-refractivity contribution < 1.29 is 0 Å². The van der Waals surface area contributed by atoms with Gasteiger partial charge in [-0.3, -0.25) is 4.90 Å². The molecule has 0 radical (unpaired) electrons. The molecule has 0 bridgehead atoms. The second kappa shape index (κ2) is 8.70. The van der Waals surface area contributed by atoms with Crippen LogP contribution in [0.2, 0.25) is 0 Å². The van der Waals surface area contributed by atoms with Crippen molar-refractivity contribution in [1.82, 2.24) is 10.2 Å². The second-order valence-corrected chi connectivity index (χ2v) is 6.01. The number of thiophene rings is 1. The van der Waals surface area contributed by atoms with Gasteiger partial charge in [0.05, 0.1) is 11.6 Å². The number of benzene rings is 1. The summed E-state index contributed by atoms with van der Waals surface area (Å²) in [5.41, 5.74) is 3.31.